The van der Waals surface area contributed by atoms with Crippen molar-refractivity contribution in [3.05, 3.63) is 0 Å². The van der Waals surface area contributed by atoms with Crippen molar-refractivity contribution in [2.24, 2.45) is 0 Å². The first-order chi connectivity index (χ1) is 12.4. The lowest BCUT2D eigenvalue weighted by Crippen LogP contribution is -2.55. The minimum Gasteiger partial charge on any atom is -0.444 e. The van der Waals surface area contributed by atoms with Crippen molar-refractivity contribution in [2.75, 3.05) is 27.3 Å². The number of carbonyl (C=O) groups is 3. The topological polar surface area (TPSA) is 137 Å². The maximum Gasteiger partial charge on any atom is 0.410 e. The van der Waals surface area contributed by atoms with E-state index in [0.717, 1.165) is 4.90 Å². The average Bonchev–Trinajstić information content (AvgIpc) is 2.59. The number of ether oxygens (including phenoxy) is 2. The Labute approximate surface area is 160 Å². The predicted molar refractivity (Wildman–Crippen MR) is 97.7 cm³/mol. The first-order valence-corrected chi connectivity index (χ1v) is 8.78. The van der Waals surface area contributed by atoms with Crippen LogP contribution in [-0.4, -0.2) is 84.3 Å². The SMILES string of the molecule is COC(O)CCCNC(=O)[C@H](CO)NC(=O)[C@H](C)N(C)C(=O)OC(C)(C)C. The van der Waals surface area contributed by atoms with E-state index >= 15 is 0 Å². The molecule has 0 saturated heterocycles. The van der Waals surface area contributed by atoms with E-state index in [1.807, 2.05) is 0 Å². The Bertz CT molecular complexity index is 493. The third kappa shape index (κ3) is 10.1. The second kappa shape index (κ2) is 11.7. The largest absolute Gasteiger partial charge is 0.444 e. The van der Waals surface area contributed by atoms with Crippen molar-refractivity contribution in [2.45, 2.75) is 64.5 Å². The lowest BCUT2D eigenvalue weighted by atomic mass is 10.2. The molecule has 10 nitrogen and oxygen atoms in total. The van der Waals surface area contributed by atoms with Gasteiger partial charge in [0.15, 0.2) is 6.29 Å². The number of likely N-dealkylation sites (N-methyl/N-ethyl adjacent to an activating group) is 1. The molecule has 0 rings (SSSR count). The fourth-order valence-electron chi connectivity index (χ4n) is 1.88. The molecule has 3 amide bonds. The number of aliphatic hydroxyl groups excluding tert-OH is 2. The highest BCUT2D eigenvalue weighted by Crippen LogP contribution is 2.10. The summed E-state index contributed by atoms with van der Waals surface area (Å²) in [6.45, 7) is 6.27. The summed E-state index contributed by atoms with van der Waals surface area (Å²) in [7, 11) is 2.78. The first kappa shape index (κ1) is 25.1. The lowest BCUT2D eigenvalue weighted by molar-refractivity contribution is -0.132. The molecule has 0 aliphatic heterocycles. The number of hydrogen-bond acceptors (Lipinski definition) is 7. The maximum atomic E-state index is 12.3. The number of nitrogens with zero attached hydrogens (tertiary/aromatic N) is 1. The number of hydrogen-bond donors (Lipinski definition) is 4. The summed E-state index contributed by atoms with van der Waals surface area (Å²) in [5.74, 6) is -1.17. The van der Waals surface area contributed by atoms with Gasteiger partial charge in [0.1, 0.15) is 17.7 Å². The van der Waals surface area contributed by atoms with Crippen LogP contribution in [0.2, 0.25) is 0 Å². The first-order valence-electron chi connectivity index (χ1n) is 8.78. The van der Waals surface area contributed by atoms with Gasteiger partial charge >= 0.3 is 6.09 Å². The second-order valence-corrected chi connectivity index (χ2v) is 7.13. The number of amides is 3. The maximum absolute atomic E-state index is 12.3. The lowest BCUT2D eigenvalue weighted by Gasteiger charge is -2.28. The van der Waals surface area contributed by atoms with Crippen molar-refractivity contribution >= 4 is 17.9 Å². The number of carbonyl (C=O) groups excluding carboxylic acids is 3. The van der Waals surface area contributed by atoms with Crippen molar-refractivity contribution in [3.63, 3.8) is 0 Å². The van der Waals surface area contributed by atoms with E-state index in [-0.39, 0.29) is 6.54 Å². The molecule has 1 unspecified atom stereocenters. The van der Waals surface area contributed by atoms with Gasteiger partial charge in [-0.2, -0.15) is 0 Å². The number of aliphatic hydroxyl groups is 2. The molecule has 10 heteroatoms. The van der Waals surface area contributed by atoms with Crippen LogP contribution in [0.25, 0.3) is 0 Å². The zero-order chi connectivity index (χ0) is 21.2. The fraction of sp³-hybridized carbons (Fsp3) is 0.824. The van der Waals surface area contributed by atoms with Gasteiger partial charge < -0.3 is 30.3 Å². The fourth-order valence-corrected chi connectivity index (χ4v) is 1.88. The predicted octanol–water partition coefficient (Wildman–Crippen LogP) is -0.420. The van der Waals surface area contributed by atoms with Gasteiger partial charge in [-0.25, -0.2) is 4.79 Å². The van der Waals surface area contributed by atoms with E-state index in [1.165, 1.54) is 21.1 Å². The summed E-state index contributed by atoms with van der Waals surface area (Å²) in [6, 6.07) is -2.06. The zero-order valence-corrected chi connectivity index (χ0v) is 16.9. The average molecular weight is 391 g/mol. The van der Waals surface area contributed by atoms with Gasteiger partial charge in [-0.3, -0.25) is 14.5 Å². The van der Waals surface area contributed by atoms with Gasteiger partial charge in [0.05, 0.1) is 6.61 Å². The molecule has 0 fully saturated rings. The summed E-state index contributed by atoms with van der Waals surface area (Å²) in [6.07, 6.45) is -0.777. The van der Waals surface area contributed by atoms with Crippen LogP contribution in [0, 0.1) is 0 Å². The molecule has 0 aromatic heterocycles. The van der Waals surface area contributed by atoms with Gasteiger partial charge in [-0.1, -0.05) is 0 Å². The van der Waals surface area contributed by atoms with Crippen LogP contribution in [0.3, 0.4) is 0 Å². The number of rotatable bonds is 10. The van der Waals surface area contributed by atoms with E-state index in [1.54, 1.807) is 20.8 Å². The highest BCUT2D eigenvalue weighted by Gasteiger charge is 2.29. The van der Waals surface area contributed by atoms with Crippen LogP contribution < -0.4 is 10.6 Å². The van der Waals surface area contributed by atoms with E-state index < -0.39 is 48.5 Å². The van der Waals surface area contributed by atoms with Gasteiger partial charge in [0.2, 0.25) is 11.8 Å². The van der Waals surface area contributed by atoms with Crippen molar-refractivity contribution in [3.8, 4) is 0 Å². The molecule has 4 N–H and O–H groups in total. The zero-order valence-electron chi connectivity index (χ0n) is 16.9. The van der Waals surface area contributed by atoms with Gasteiger partial charge in [-0.15, -0.1) is 0 Å². The van der Waals surface area contributed by atoms with E-state index in [9.17, 15) is 24.6 Å². The Hall–Kier alpha value is -1.91. The van der Waals surface area contributed by atoms with Gasteiger partial charge in [0.25, 0.3) is 0 Å². The summed E-state index contributed by atoms with van der Waals surface area (Å²) < 4.78 is 9.87. The molecular weight excluding hydrogens is 358 g/mol. The van der Waals surface area contributed by atoms with E-state index in [2.05, 4.69) is 15.4 Å². The van der Waals surface area contributed by atoms with Crippen molar-refractivity contribution in [1.82, 2.24) is 15.5 Å². The molecule has 0 aromatic rings. The molecule has 158 valence electrons. The molecule has 0 saturated carbocycles. The standard InChI is InChI=1S/C17H33N3O7/c1-11(20(5)16(25)27-17(2,3)4)14(23)19-12(10-21)15(24)18-9-7-8-13(22)26-6/h11-13,21-22H,7-10H2,1-6H3,(H,18,24)(H,19,23)/t11-,12-,13?/m0/s1. The normalized spacial score (nSPS) is 14.7. The Morgan fingerprint density at radius 2 is 1.78 bits per heavy atom. The van der Waals surface area contributed by atoms with Crippen LogP contribution in [0.15, 0.2) is 0 Å². The Balaban J connectivity index is 4.55. The minimum atomic E-state index is -1.15. The van der Waals surface area contributed by atoms with Crippen LogP contribution in [0.5, 0.6) is 0 Å². The third-order valence-electron chi connectivity index (χ3n) is 3.66. The van der Waals surface area contributed by atoms with Gasteiger partial charge in [-0.05, 0) is 40.5 Å². The highest BCUT2D eigenvalue weighted by atomic mass is 16.6. The molecule has 0 heterocycles. The molecule has 3 atom stereocenters. The summed E-state index contributed by atoms with van der Waals surface area (Å²) in [5, 5.41) is 23.6. The quantitative estimate of drug-likeness (QED) is 0.293. The van der Waals surface area contributed by atoms with Crippen LogP contribution in [0.1, 0.15) is 40.5 Å². The van der Waals surface area contributed by atoms with Crippen LogP contribution >= 0.6 is 0 Å². The molecule has 0 aromatic carbocycles. The van der Waals surface area contributed by atoms with Crippen molar-refractivity contribution < 1.29 is 34.1 Å². The Morgan fingerprint density at radius 3 is 2.26 bits per heavy atom. The van der Waals surface area contributed by atoms with Gasteiger partial charge in [0, 0.05) is 20.7 Å². The third-order valence-corrected chi connectivity index (χ3v) is 3.66. The summed E-state index contributed by atoms with van der Waals surface area (Å²) in [4.78, 5) is 37.5. The molecule has 0 aliphatic rings. The highest BCUT2D eigenvalue weighted by molar-refractivity contribution is 5.91. The van der Waals surface area contributed by atoms with E-state index in [0.29, 0.717) is 12.8 Å². The smallest absolute Gasteiger partial charge is 0.410 e. The monoisotopic (exact) mass is 391 g/mol. The minimum absolute atomic E-state index is 0.249. The molecule has 0 radical (unpaired) electrons. The van der Waals surface area contributed by atoms with Crippen LogP contribution in [0.4, 0.5) is 4.79 Å². The van der Waals surface area contributed by atoms with Crippen molar-refractivity contribution in [1.29, 1.82) is 0 Å². The molecule has 0 spiro atoms. The number of nitrogens with one attached hydrogen (secondary N) is 2. The molecular formula is C17H33N3O7. The summed E-state index contributed by atoms with van der Waals surface area (Å²) in [5.41, 5.74) is -0.703. The molecule has 0 bridgehead atoms. The summed E-state index contributed by atoms with van der Waals surface area (Å²) >= 11 is 0. The number of methoxy groups -OCH3 is 1. The molecule has 27 heavy (non-hydrogen) atoms. The Morgan fingerprint density at radius 1 is 1.19 bits per heavy atom. The van der Waals surface area contributed by atoms with Crippen LogP contribution in [-0.2, 0) is 19.1 Å². The second-order valence-electron chi connectivity index (χ2n) is 7.13. The Kier molecular flexibility index (Phi) is 10.9. The molecule has 0 aliphatic carbocycles. The van der Waals surface area contributed by atoms with E-state index in [4.69, 9.17) is 4.74 Å².